The Labute approximate surface area is 200 Å². The Bertz CT molecular complexity index is 1380. The van der Waals surface area contributed by atoms with E-state index in [1.54, 1.807) is 26.3 Å². The lowest BCUT2D eigenvalue weighted by Crippen LogP contribution is -2.38. The Morgan fingerprint density at radius 1 is 1.12 bits per heavy atom. The number of rotatable bonds is 7. The third-order valence-electron chi connectivity index (χ3n) is 5.31. The number of esters is 1. The number of carbonyl (C=O) groups is 2. The summed E-state index contributed by atoms with van der Waals surface area (Å²) in [6, 6.07) is 18.4. The molecule has 2 aromatic heterocycles. The van der Waals surface area contributed by atoms with E-state index in [1.165, 1.54) is 34.1 Å². The van der Waals surface area contributed by atoms with Crippen LogP contribution in [0.2, 0.25) is 0 Å². The van der Waals surface area contributed by atoms with E-state index in [2.05, 4.69) is 4.98 Å². The second kappa shape index (κ2) is 9.88. The van der Waals surface area contributed by atoms with Gasteiger partial charge in [-0.05, 0) is 55.0 Å². The normalized spacial score (nSPS) is 11.7. The topological polar surface area (TPSA) is 90.7 Å². The smallest absolute Gasteiger partial charge is 0.326 e. The largest absolute Gasteiger partial charge is 0.497 e. The first-order chi connectivity index (χ1) is 16.4. The van der Waals surface area contributed by atoms with Crippen LogP contribution in [0.5, 0.6) is 5.75 Å². The van der Waals surface area contributed by atoms with E-state index in [0.29, 0.717) is 15.9 Å². The van der Waals surface area contributed by atoms with E-state index >= 15 is 0 Å². The Morgan fingerprint density at radius 3 is 2.50 bits per heavy atom. The minimum Gasteiger partial charge on any atom is -0.497 e. The zero-order valence-electron chi connectivity index (χ0n) is 18.9. The number of likely N-dealkylation sites (N-methyl/N-ethyl adjacent to an activating group) is 1. The van der Waals surface area contributed by atoms with Crippen molar-refractivity contribution < 1.29 is 19.1 Å². The summed E-state index contributed by atoms with van der Waals surface area (Å²) in [5.41, 5.74) is 1.83. The molecule has 0 N–H and O–H groups in total. The molecule has 9 heteroatoms. The number of methoxy groups -OCH3 is 1. The van der Waals surface area contributed by atoms with Crippen molar-refractivity contribution in [2.45, 2.75) is 19.6 Å². The zero-order chi connectivity index (χ0) is 24.2. The molecule has 0 fully saturated rings. The molecule has 4 rings (SSSR count). The molecule has 2 heterocycles. The van der Waals surface area contributed by atoms with Gasteiger partial charge in [-0.1, -0.05) is 18.2 Å². The first-order valence-electron chi connectivity index (χ1n) is 10.5. The van der Waals surface area contributed by atoms with Gasteiger partial charge in [0.05, 0.1) is 19.0 Å². The maximum absolute atomic E-state index is 13.0. The summed E-state index contributed by atoms with van der Waals surface area (Å²) in [5, 5.41) is 0. The van der Waals surface area contributed by atoms with Crippen LogP contribution in [-0.4, -0.2) is 41.7 Å². The van der Waals surface area contributed by atoms with Crippen LogP contribution in [0, 0.1) is 0 Å². The predicted octanol–water partition coefficient (Wildman–Crippen LogP) is 3.73. The number of fused-ring (bicyclic) bond motifs is 1. The number of carbonyl (C=O) groups excluding carboxylic acids is 2. The first-order valence-corrected chi connectivity index (χ1v) is 11.3. The number of aromatic nitrogens is 2. The summed E-state index contributed by atoms with van der Waals surface area (Å²) in [6.45, 7) is 1.16. The average Bonchev–Trinajstić information content (AvgIpc) is 3.30. The van der Waals surface area contributed by atoms with Gasteiger partial charge < -0.3 is 14.4 Å². The van der Waals surface area contributed by atoms with Gasteiger partial charge in [-0.2, -0.15) is 0 Å². The highest BCUT2D eigenvalue weighted by Crippen LogP contribution is 2.31. The van der Waals surface area contributed by atoms with Gasteiger partial charge in [0.15, 0.2) is 6.10 Å². The fourth-order valence-electron chi connectivity index (χ4n) is 3.43. The molecule has 2 aromatic carbocycles. The highest BCUT2D eigenvalue weighted by molar-refractivity contribution is 7.22. The van der Waals surface area contributed by atoms with Crippen LogP contribution in [-0.2, 0) is 20.9 Å². The summed E-state index contributed by atoms with van der Waals surface area (Å²) in [4.78, 5) is 44.7. The molecule has 1 amide bonds. The van der Waals surface area contributed by atoms with Crippen molar-refractivity contribution in [2.75, 3.05) is 19.1 Å². The molecule has 0 aliphatic heterocycles. The van der Waals surface area contributed by atoms with E-state index in [0.717, 1.165) is 16.2 Å². The van der Waals surface area contributed by atoms with Gasteiger partial charge in [-0.3, -0.25) is 19.0 Å². The number of benzene rings is 2. The second-order valence-corrected chi connectivity index (χ2v) is 8.65. The fraction of sp³-hybridized carbons (Fsp3) is 0.200. The Kier molecular flexibility index (Phi) is 6.74. The third-order valence-corrected chi connectivity index (χ3v) is 6.47. The maximum Gasteiger partial charge on any atom is 0.326 e. The number of hydrogen-bond acceptors (Lipinski definition) is 7. The number of anilines is 1. The Morgan fingerprint density at radius 2 is 1.82 bits per heavy atom. The number of ether oxygens (including phenoxy) is 2. The minimum atomic E-state index is -1.01. The molecule has 0 bridgehead atoms. The summed E-state index contributed by atoms with van der Waals surface area (Å²) in [6.07, 6.45) is 0.312. The lowest BCUT2D eigenvalue weighted by molar-refractivity contribution is -0.154. The van der Waals surface area contributed by atoms with Crippen LogP contribution in [0.4, 0.5) is 5.69 Å². The Balaban J connectivity index is 1.47. The summed E-state index contributed by atoms with van der Waals surface area (Å²) in [7, 11) is 3.21. The minimum absolute atomic E-state index is 0.341. The van der Waals surface area contributed by atoms with E-state index in [1.807, 2.05) is 48.5 Å². The van der Waals surface area contributed by atoms with Crippen LogP contribution in [0.1, 0.15) is 6.92 Å². The number of para-hydroxylation sites is 1. The number of thiophene rings is 1. The van der Waals surface area contributed by atoms with Gasteiger partial charge >= 0.3 is 5.97 Å². The SMILES string of the molecule is COc1ccc(-c2cc3ncn(CC(=O)OC(C)C(=O)N(C)c4ccccc4)c(=O)c3s2)cc1. The molecule has 0 spiro atoms. The lowest BCUT2D eigenvalue weighted by atomic mass is 10.2. The van der Waals surface area contributed by atoms with Gasteiger partial charge in [0.1, 0.15) is 17.0 Å². The highest BCUT2D eigenvalue weighted by atomic mass is 32.1. The molecular formula is C25H23N3O5S. The molecule has 0 radical (unpaired) electrons. The van der Waals surface area contributed by atoms with Gasteiger partial charge in [0.2, 0.25) is 0 Å². The molecular weight excluding hydrogens is 454 g/mol. The maximum atomic E-state index is 13.0. The monoisotopic (exact) mass is 477 g/mol. The van der Waals surface area contributed by atoms with Crippen LogP contribution >= 0.6 is 11.3 Å². The van der Waals surface area contributed by atoms with E-state index < -0.39 is 12.1 Å². The van der Waals surface area contributed by atoms with Crippen LogP contribution in [0.3, 0.4) is 0 Å². The van der Waals surface area contributed by atoms with Gasteiger partial charge in [0.25, 0.3) is 11.5 Å². The van der Waals surface area contributed by atoms with E-state index in [9.17, 15) is 14.4 Å². The summed E-state index contributed by atoms with van der Waals surface area (Å²) < 4.78 is 12.1. The van der Waals surface area contributed by atoms with E-state index in [4.69, 9.17) is 9.47 Å². The predicted molar refractivity (Wildman–Crippen MR) is 131 cm³/mol. The molecule has 0 saturated carbocycles. The van der Waals surface area contributed by atoms with Crippen LogP contribution in [0.25, 0.3) is 20.7 Å². The van der Waals surface area contributed by atoms with Gasteiger partial charge in [-0.15, -0.1) is 11.3 Å². The first kappa shape index (κ1) is 23.2. The molecule has 0 saturated heterocycles. The number of amides is 1. The van der Waals surface area contributed by atoms with Crippen molar-refractivity contribution in [3.05, 3.63) is 77.3 Å². The highest BCUT2D eigenvalue weighted by Gasteiger charge is 2.23. The molecule has 174 valence electrons. The lowest BCUT2D eigenvalue weighted by Gasteiger charge is -2.21. The third kappa shape index (κ3) is 4.84. The molecule has 8 nitrogen and oxygen atoms in total. The molecule has 0 aliphatic rings. The summed E-state index contributed by atoms with van der Waals surface area (Å²) in [5.74, 6) is -0.327. The van der Waals surface area contributed by atoms with Crippen molar-refractivity contribution in [1.29, 1.82) is 0 Å². The van der Waals surface area contributed by atoms with Crippen molar-refractivity contribution >= 4 is 39.1 Å². The number of hydrogen-bond donors (Lipinski definition) is 0. The van der Waals surface area contributed by atoms with Crippen LogP contribution < -0.4 is 15.2 Å². The quantitative estimate of drug-likeness (QED) is 0.377. The average molecular weight is 478 g/mol. The van der Waals surface area contributed by atoms with E-state index in [-0.39, 0.29) is 18.0 Å². The number of nitrogens with zero attached hydrogens (tertiary/aromatic N) is 3. The van der Waals surface area contributed by atoms with Crippen LogP contribution in [0.15, 0.2) is 71.8 Å². The fourth-order valence-corrected chi connectivity index (χ4v) is 4.50. The second-order valence-electron chi connectivity index (χ2n) is 7.60. The van der Waals surface area contributed by atoms with Crippen molar-refractivity contribution in [3.63, 3.8) is 0 Å². The molecule has 1 unspecified atom stereocenters. The van der Waals surface area contributed by atoms with Crippen molar-refractivity contribution in [2.24, 2.45) is 0 Å². The van der Waals surface area contributed by atoms with Crippen molar-refractivity contribution in [1.82, 2.24) is 9.55 Å². The van der Waals surface area contributed by atoms with Crippen molar-refractivity contribution in [3.8, 4) is 16.2 Å². The molecule has 0 aliphatic carbocycles. The van der Waals surface area contributed by atoms with Gasteiger partial charge in [-0.25, -0.2) is 4.98 Å². The molecule has 1 atom stereocenters. The Hall–Kier alpha value is -3.98. The molecule has 4 aromatic rings. The standard InChI is InChI=1S/C25H23N3O5S/c1-16(24(30)27(2)18-7-5-4-6-8-18)33-22(29)14-28-15-26-20-13-21(34-23(20)25(28)31)17-9-11-19(32-3)12-10-17/h4-13,15-16H,14H2,1-3H3. The zero-order valence-corrected chi connectivity index (χ0v) is 19.7. The van der Waals surface area contributed by atoms with Gasteiger partial charge in [0, 0.05) is 17.6 Å². The molecule has 34 heavy (non-hydrogen) atoms. The summed E-state index contributed by atoms with van der Waals surface area (Å²) >= 11 is 1.30.